The van der Waals surface area contributed by atoms with Crippen molar-refractivity contribution in [2.45, 2.75) is 38.6 Å². The number of amides is 1. The molecule has 1 saturated heterocycles. The first-order valence-electron chi connectivity index (χ1n) is 6.64. The minimum Gasteiger partial charge on any atom is -0.477 e. The van der Waals surface area contributed by atoms with Crippen LogP contribution >= 0.6 is 0 Å². The molecule has 0 spiro atoms. The summed E-state index contributed by atoms with van der Waals surface area (Å²) in [4.78, 5) is 28.7. The molecule has 2 rings (SSSR count). The van der Waals surface area contributed by atoms with E-state index in [2.05, 4.69) is 4.98 Å². The number of pyridine rings is 1. The van der Waals surface area contributed by atoms with Crippen LogP contribution in [0.2, 0.25) is 0 Å². The number of carbonyl (C=O) groups excluding carboxylic acids is 1. The summed E-state index contributed by atoms with van der Waals surface area (Å²) in [5, 5.41) is 8.91. The van der Waals surface area contributed by atoms with E-state index in [1.807, 2.05) is 0 Å². The summed E-state index contributed by atoms with van der Waals surface area (Å²) in [5.41, 5.74) is 0.658. The second kappa shape index (κ2) is 6.31. The fourth-order valence-corrected chi connectivity index (χ4v) is 2.26. The molecule has 0 unspecified atom stereocenters. The Morgan fingerprint density at radius 1 is 1.26 bits per heavy atom. The summed E-state index contributed by atoms with van der Waals surface area (Å²) < 4.78 is 0. The van der Waals surface area contributed by atoms with Gasteiger partial charge >= 0.3 is 5.97 Å². The number of carboxylic acids is 1. The molecule has 0 radical (unpaired) electrons. The molecule has 2 heterocycles. The van der Waals surface area contributed by atoms with Crippen LogP contribution in [0, 0.1) is 0 Å². The third-order valence-electron chi connectivity index (χ3n) is 3.30. The minimum atomic E-state index is -1.04. The predicted octanol–water partition coefficient (Wildman–Crippen LogP) is 2.07. The number of carbonyl (C=O) groups is 2. The van der Waals surface area contributed by atoms with E-state index in [1.165, 1.54) is 6.07 Å². The Hall–Kier alpha value is -1.91. The second-order valence-corrected chi connectivity index (χ2v) is 4.80. The van der Waals surface area contributed by atoms with E-state index >= 15 is 0 Å². The zero-order valence-corrected chi connectivity index (χ0v) is 10.8. The van der Waals surface area contributed by atoms with E-state index in [4.69, 9.17) is 5.11 Å². The van der Waals surface area contributed by atoms with Crippen molar-refractivity contribution in [3.63, 3.8) is 0 Å². The summed E-state index contributed by atoms with van der Waals surface area (Å²) in [6.07, 6.45) is 4.79. The molecule has 1 amide bonds. The lowest BCUT2D eigenvalue weighted by Crippen LogP contribution is -2.32. The quantitative estimate of drug-likeness (QED) is 0.905. The van der Waals surface area contributed by atoms with E-state index in [0.29, 0.717) is 18.7 Å². The molecule has 102 valence electrons. The Morgan fingerprint density at radius 2 is 2.05 bits per heavy atom. The van der Waals surface area contributed by atoms with Crippen LogP contribution in [0.5, 0.6) is 0 Å². The van der Waals surface area contributed by atoms with Gasteiger partial charge in [0.05, 0.1) is 12.2 Å². The van der Waals surface area contributed by atoms with Gasteiger partial charge < -0.3 is 10.0 Å². The van der Waals surface area contributed by atoms with Crippen molar-refractivity contribution in [1.29, 1.82) is 0 Å². The first-order chi connectivity index (χ1) is 9.16. The van der Waals surface area contributed by atoms with Gasteiger partial charge in [0.25, 0.3) is 0 Å². The zero-order chi connectivity index (χ0) is 13.7. The van der Waals surface area contributed by atoms with Crippen molar-refractivity contribution in [1.82, 2.24) is 9.88 Å². The Balaban J connectivity index is 2.07. The highest BCUT2D eigenvalue weighted by atomic mass is 16.4. The molecule has 5 heteroatoms. The largest absolute Gasteiger partial charge is 0.477 e. The van der Waals surface area contributed by atoms with Gasteiger partial charge in [-0.15, -0.1) is 0 Å². The highest BCUT2D eigenvalue weighted by Crippen LogP contribution is 2.14. The van der Waals surface area contributed by atoms with Gasteiger partial charge in [-0.1, -0.05) is 18.9 Å². The predicted molar refractivity (Wildman–Crippen MR) is 69.7 cm³/mol. The average Bonchev–Trinajstić information content (AvgIpc) is 2.39. The van der Waals surface area contributed by atoms with Crippen LogP contribution in [0.15, 0.2) is 18.2 Å². The van der Waals surface area contributed by atoms with Crippen molar-refractivity contribution in [3.05, 3.63) is 29.6 Å². The maximum absolute atomic E-state index is 12.0. The SMILES string of the molecule is O=C(O)c1cccc(CN2CCCCCCC2=O)n1. The van der Waals surface area contributed by atoms with E-state index in [-0.39, 0.29) is 11.6 Å². The highest BCUT2D eigenvalue weighted by molar-refractivity contribution is 5.85. The van der Waals surface area contributed by atoms with E-state index in [9.17, 15) is 9.59 Å². The Kier molecular flexibility index (Phi) is 4.49. The topological polar surface area (TPSA) is 70.5 Å². The molecule has 5 nitrogen and oxygen atoms in total. The standard InChI is InChI=1S/C14H18N2O3/c17-13-8-3-1-2-4-9-16(13)10-11-6-5-7-12(15-11)14(18)19/h5-7H,1-4,8-10H2,(H,18,19). The molecule has 19 heavy (non-hydrogen) atoms. The molecule has 1 N–H and O–H groups in total. The van der Waals surface area contributed by atoms with Gasteiger partial charge in [-0.05, 0) is 25.0 Å². The number of carboxylic acid groups (broad SMARTS) is 1. The molecular formula is C14H18N2O3. The van der Waals surface area contributed by atoms with Crippen molar-refractivity contribution < 1.29 is 14.7 Å². The maximum atomic E-state index is 12.0. The maximum Gasteiger partial charge on any atom is 0.354 e. The van der Waals surface area contributed by atoms with Crippen molar-refractivity contribution in [2.75, 3.05) is 6.54 Å². The number of hydrogen-bond acceptors (Lipinski definition) is 3. The van der Waals surface area contributed by atoms with Crippen LogP contribution < -0.4 is 0 Å². The van der Waals surface area contributed by atoms with Gasteiger partial charge in [-0.2, -0.15) is 0 Å². The van der Waals surface area contributed by atoms with E-state index < -0.39 is 5.97 Å². The molecule has 0 aromatic carbocycles. The number of likely N-dealkylation sites (tertiary alicyclic amines) is 1. The van der Waals surface area contributed by atoms with Crippen molar-refractivity contribution in [2.24, 2.45) is 0 Å². The fraction of sp³-hybridized carbons (Fsp3) is 0.500. The molecule has 1 aromatic rings. The number of hydrogen-bond donors (Lipinski definition) is 1. The Labute approximate surface area is 112 Å². The number of nitrogens with zero attached hydrogens (tertiary/aromatic N) is 2. The summed E-state index contributed by atoms with van der Waals surface area (Å²) in [5.74, 6) is -0.900. The lowest BCUT2D eigenvalue weighted by Gasteiger charge is -2.24. The van der Waals surface area contributed by atoms with Gasteiger partial charge in [0.2, 0.25) is 5.91 Å². The van der Waals surface area contributed by atoms with E-state index in [0.717, 1.165) is 32.2 Å². The fourth-order valence-electron chi connectivity index (χ4n) is 2.26. The third-order valence-corrected chi connectivity index (χ3v) is 3.30. The molecule has 1 fully saturated rings. The Morgan fingerprint density at radius 3 is 2.84 bits per heavy atom. The van der Waals surface area contributed by atoms with Crippen LogP contribution in [-0.2, 0) is 11.3 Å². The second-order valence-electron chi connectivity index (χ2n) is 4.80. The van der Waals surface area contributed by atoms with Gasteiger partial charge in [0.15, 0.2) is 0 Å². The van der Waals surface area contributed by atoms with Crippen LogP contribution in [0.3, 0.4) is 0 Å². The van der Waals surface area contributed by atoms with Gasteiger partial charge in [-0.25, -0.2) is 9.78 Å². The third kappa shape index (κ3) is 3.77. The summed E-state index contributed by atoms with van der Waals surface area (Å²) in [6, 6.07) is 4.89. The lowest BCUT2D eigenvalue weighted by molar-refractivity contribution is -0.132. The van der Waals surface area contributed by atoms with E-state index in [1.54, 1.807) is 17.0 Å². The van der Waals surface area contributed by atoms with Crippen molar-refractivity contribution in [3.8, 4) is 0 Å². The number of rotatable bonds is 3. The van der Waals surface area contributed by atoms with Gasteiger partial charge in [0, 0.05) is 13.0 Å². The number of aromatic nitrogens is 1. The van der Waals surface area contributed by atoms with Crippen LogP contribution in [0.1, 0.15) is 48.3 Å². The van der Waals surface area contributed by atoms with Gasteiger partial charge in [-0.3, -0.25) is 4.79 Å². The molecule has 0 saturated carbocycles. The monoisotopic (exact) mass is 262 g/mol. The first-order valence-corrected chi connectivity index (χ1v) is 6.64. The first kappa shape index (κ1) is 13.5. The molecule has 0 atom stereocenters. The molecule has 1 aliphatic rings. The van der Waals surface area contributed by atoms with Gasteiger partial charge in [0.1, 0.15) is 5.69 Å². The molecule has 1 aliphatic heterocycles. The smallest absolute Gasteiger partial charge is 0.354 e. The average molecular weight is 262 g/mol. The molecule has 0 aliphatic carbocycles. The van der Waals surface area contributed by atoms with Crippen LogP contribution in [-0.4, -0.2) is 33.4 Å². The summed E-state index contributed by atoms with van der Waals surface area (Å²) >= 11 is 0. The summed E-state index contributed by atoms with van der Waals surface area (Å²) in [6.45, 7) is 1.14. The van der Waals surface area contributed by atoms with Crippen LogP contribution in [0.25, 0.3) is 0 Å². The van der Waals surface area contributed by atoms with Crippen LogP contribution in [0.4, 0.5) is 0 Å². The number of aromatic carboxylic acids is 1. The molecule has 0 bridgehead atoms. The minimum absolute atomic E-state index is 0.0250. The summed E-state index contributed by atoms with van der Waals surface area (Å²) in [7, 11) is 0. The highest BCUT2D eigenvalue weighted by Gasteiger charge is 2.16. The Bertz CT molecular complexity index is 474. The zero-order valence-electron chi connectivity index (χ0n) is 10.8. The molecule has 1 aromatic heterocycles. The molecular weight excluding hydrogens is 244 g/mol. The normalized spacial score (nSPS) is 16.8. The lowest BCUT2D eigenvalue weighted by atomic mass is 10.1. The van der Waals surface area contributed by atoms with Crippen molar-refractivity contribution >= 4 is 11.9 Å².